The van der Waals surface area contributed by atoms with Crippen LogP contribution in [0.2, 0.25) is 5.02 Å². The molecule has 2 nitrogen and oxygen atoms in total. The van der Waals surface area contributed by atoms with E-state index in [2.05, 4.69) is 4.98 Å². The quantitative estimate of drug-likeness (QED) is 0.729. The maximum atomic E-state index is 6.04. The molecule has 1 aromatic heterocycles. The summed E-state index contributed by atoms with van der Waals surface area (Å²) in [6.45, 7) is 4.01. The molecule has 0 unspecified atom stereocenters. The Bertz CT molecular complexity index is 476. The van der Waals surface area contributed by atoms with Gasteiger partial charge in [-0.05, 0) is 31.0 Å². The predicted molar refractivity (Wildman–Crippen MR) is 58.5 cm³/mol. The van der Waals surface area contributed by atoms with E-state index in [1.54, 1.807) is 0 Å². The average molecular weight is 213 g/mol. The second-order valence-electron chi connectivity index (χ2n) is 3.01. The molecule has 0 atom stereocenters. The van der Waals surface area contributed by atoms with Crippen LogP contribution in [-0.2, 0) is 0 Å². The zero-order valence-electron chi connectivity index (χ0n) is 7.39. The molecule has 2 aromatic rings. The number of thiazole rings is 1. The first-order valence-corrected chi connectivity index (χ1v) is 5.10. The van der Waals surface area contributed by atoms with E-state index < -0.39 is 0 Å². The molecule has 0 saturated carbocycles. The van der Waals surface area contributed by atoms with Crippen LogP contribution in [0, 0.1) is 13.8 Å². The molecular formula is C9H9ClN2S. The van der Waals surface area contributed by atoms with Crippen LogP contribution in [0.3, 0.4) is 0 Å². The molecule has 4 heteroatoms. The number of nitrogen functional groups attached to an aromatic ring is 1. The normalized spacial score (nSPS) is 11.0. The van der Waals surface area contributed by atoms with Gasteiger partial charge in [-0.1, -0.05) is 22.9 Å². The highest BCUT2D eigenvalue weighted by Crippen LogP contribution is 2.32. The van der Waals surface area contributed by atoms with Gasteiger partial charge in [0, 0.05) is 5.02 Å². The summed E-state index contributed by atoms with van der Waals surface area (Å²) in [6.07, 6.45) is 0. The largest absolute Gasteiger partial charge is 0.375 e. The summed E-state index contributed by atoms with van der Waals surface area (Å²) >= 11 is 7.51. The van der Waals surface area contributed by atoms with Gasteiger partial charge in [-0.15, -0.1) is 0 Å². The minimum absolute atomic E-state index is 0.597. The van der Waals surface area contributed by atoms with Crippen molar-refractivity contribution >= 4 is 38.3 Å². The van der Waals surface area contributed by atoms with Gasteiger partial charge < -0.3 is 5.73 Å². The number of halogens is 1. The Morgan fingerprint density at radius 3 is 2.77 bits per heavy atom. The van der Waals surface area contributed by atoms with Crippen molar-refractivity contribution in [2.24, 2.45) is 0 Å². The zero-order valence-corrected chi connectivity index (χ0v) is 8.96. The smallest absolute Gasteiger partial charge is 0.181 e. The Morgan fingerprint density at radius 2 is 2.08 bits per heavy atom. The van der Waals surface area contributed by atoms with E-state index >= 15 is 0 Å². The summed E-state index contributed by atoms with van der Waals surface area (Å²) in [5.41, 5.74) is 8.80. The predicted octanol–water partition coefficient (Wildman–Crippen LogP) is 3.15. The van der Waals surface area contributed by atoms with Gasteiger partial charge in [0.15, 0.2) is 5.13 Å². The number of nitrogens with zero attached hydrogens (tertiary/aromatic N) is 1. The van der Waals surface area contributed by atoms with Gasteiger partial charge in [-0.2, -0.15) is 0 Å². The van der Waals surface area contributed by atoms with Gasteiger partial charge >= 0.3 is 0 Å². The Balaban J connectivity index is 2.92. The van der Waals surface area contributed by atoms with Crippen molar-refractivity contribution < 1.29 is 0 Å². The van der Waals surface area contributed by atoms with E-state index in [1.807, 2.05) is 19.9 Å². The highest BCUT2D eigenvalue weighted by atomic mass is 35.5. The van der Waals surface area contributed by atoms with Gasteiger partial charge in [0.1, 0.15) is 0 Å². The molecular weight excluding hydrogens is 204 g/mol. The number of aromatic nitrogens is 1. The molecule has 0 bridgehead atoms. The standard InChI is InChI=1S/C9H9ClN2S/c1-4-5(2)8-7(3-6(4)10)13-9(11)12-8/h3H,1-2H3,(H2,11,12). The van der Waals surface area contributed by atoms with Crippen LogP contribution >= 0.6 is 22.9 Å². The zero-order chi connectivity index (χ0) is 9.59. The van der Waals surface area contributed by atoms with E-state index in [0.29, 0.717) is 5.13 Å². The molecule has 13 heavy (non-hydrogen) atoms. The highest BCUT2D eigenvalue weighted by Gasteiger charge is 2.08. The number of rotatable bonds is 0. The number of nitrogens with two attached hydrogens (primary N) is 1. The summed E-state index contributed by atoms with van der Waals surface area (Å²) in [6, 6.07) is 1.92. The van der Waals surface area contributed by atoms with E-state index in [4.69, 9.17) is 17.3 Å². The molecule has 0 amide bonds. The van der Waals surface area contributed by atoms with Gasteiger partial charge in [0.2, 0.25) is 0 Å². The van der Waals surface area contributed by atoms with Crippen molar-refractivity contribution in [2.75, 3.05) is 5.73 Å². The molecule has 1 heterocycles. The molecule has 0 spiro atoms. The third kappa shape index (κ3) is 1.28. The molecule has 0 aliphatic carbocycles. The van der Waals surface area contributed by atoms with Gasteiger partial charge in [-0.25, -0.2) is 4.98 Å². The SMILES string of the molecule is Cc1c(Cl)cc2sc(N)nc2c1C. The van der Waals surface area contributed by atoms with Crippen LogP contribution in [0.4, 0.5) is 5.13 Å². The van der Waals surface area contributed by atoms with Crippen LogP contribution in [-0.4, -0.2) is 4.98 Å². The molecule has 68 valence electrons. The third-order valence-electron chi connectivity index (χ3n) is 2.20. The fourth-order valence-electron chi connectivity index (χ4n) is 1.30. The minimum atomic E-state index is 0.597. The van der Waals surface area contributed by atoms with Gasteiger partial charge in [-0.3, -0.25) is 0 Å². The van der Waals surface area contributed by atoms with Crippen LogP contribution in [0.15, 0.2) is 6.07 Å². The molecule has 0 aliphatic heterocycles. The molecule has 0 fully saturated rings. The number of anilines is 1. The Kier molecular flexibility index (Phi) is 1.93. The first kappa shape index (κ1) is 8.78. The van der Waals surface area contributed by atoms with Crippen molar-refractivity contribution in [2.45, 2.75) is 13.8 Å². The number of fused-ring (bicyclic) bond motifs is 1. The Morgan fingerprint density at radius 1 is 1.38 bits per heavy atom. The lowest BCUT2D eigenvalue weighted by Gasteiger charge is -2.02. The van der Waals surface area contributed by atoms with Crippen molar-refractivity contribution in [1.29, 1.82) is 0 Å². The van der Waals surface area contributed by atoms with Crippen LogP contribution in [0.1, 0.15) is 11.1 Å². The first-order chi connectivity index (χ1) is 6.09. The van der Waals surface area contributed by atoms with Gasteiger partial charge in [0.25, 0.3) is 0 Å². The average Bonchev–Trinajstić information content (AvgIpc) is 2.42. The molecule has 2 rings (SSSR count). The van der Waals surface area contributed by atoms with Crippen LogP contribution in [0.25, 0.3) is 10.2 Å². The summed E-state index contributed by atoms with van der Waals surface area (Å²) in [4.78, 5) is 4.25. The van der Waals surface area contributed by atoms with E-state index in [1.165, 1.54) is 11.3 Å². The lowest BCUT2D eigenvalue weighted by Crippen LogP contribution is -1.85. The second kappa shape index (κ2) is 2.86. The third-order valence-corrected chi connectivity index (χ3v) is 3.43. The highest BCUT2D eigenvalue weighted by molar-refractivity contribution is 7.22. The van der Waals surface area contributed by atoms with E-state index in [0.717, 1.165) is 26.4 Å². The summed E-state index contributed by atoms with van der Waals surface area (Å²) in [5.74, 6) is 0. The first-order valence-electron chi connectivity index (χ1n) is 3.91. The summed E-state index contributed by atoms with van der Waals surface area (Å²) in [5, 5.41) is 1.38. The van der Waals surface area contributed by atoms with E-state index in [9.17, 15) is 0 Å². The van der Waals surface area contributed by atoms with Crippen LogP contribution in [0.5, 0.6) is 0 Å². The summed E-state index contributed by atoms with van der Waals surface area (Å²) in [7, 11) is 0. The van der Waals surface area contributed by atoms with Gasteiger partial charge in [0.05, 0.1) is 10.2 Å². The Labute approximate surface area is 85.3 Å². The van der Waals surface area contributed by atoms with Crippen molar-refractivity contribution in [3.63, 3.8) is 0 Å². The van der Waals surface area contributed by atoms with Crippen molar-refractivity contribution in [1.82, 2.24) is 4.98 Å². The number of hydrogen-bond acceptors (Lipinski definition) is 3. The minimum Gasteiger partial charge on any atom is -0.375 e. The number of aryl methyl sites for hydroxylation is 1. The second-order valence-corrected chi connectivity index (χ2v) is 4.48. The maximum absolute atomic E-state index is 6.04. The van der Waals surface area contributed by atoms with E-state index in [-0.39, 0.29) is 0 Å². The summed E-state index contributed by atoms with van der Waals surface area (Å²) < 4.78 is 1.06. The maximum Gasteiger partial charge on any atom is 0.181 e. The monoisotopic (exact) mass is 212 g/mol. The fraction of sp³-hybridized carbons (Fsp3) is 0.222. The van der Waals surface area contributed by atoms with Crippen molar-refractivity contribution in [3.8, 4) is 0 Å². The van der Waals surface area contributed by atoms with Crippen LogP contribution < -0.4 is 5.73 Å². The molecule has 0 radical (unpaired) electrons. The number of benzene rings is 1. The lowest BCUT2D eigenvalue weighted by molar-refractivity contribution is 1.34. The Hall–Kier alpha value is -0.800. The lowest BCUT2D eigenvalue weighted by atomic mass is 10.1. The fourth-order valence-corrected chi connectivity index (χ4v) is 2.45. The molecule has 0 saturated heterocycles. The molecule has 1 aromatic carbocycles. The topological polar surface area (TPSA) is 38.9 Å². The molecule has 2 N–H and O–H groups in total. The number of hydrogen-bond donors (Lipinski definition) is 1. The van der Waals surface area contributed by atoms with Crippen molar-refractivity contribution in [3.05, 3.63) is 22.2 Å². The molecule has 0 aliphatic rings.